The number of ether oxygens (including phenoxy) is 1. The van der Waals surface area contributed by atoms with Gasteiger partial charge in [-0.1, -0.05) is 13.8 Å². The van der Waals surface area contributed by atoms with Crippen molar-refractivity contribution in [3.63, 3.8) is 0 Å². The van der Waals surface area contributed by atoms with E-state index in [0.29, 0.717) is 11.8 Å². The number of methoxy groups -OCH3 is 1. The third kappa shape index (κ3) is 1.86. The minimum Gasteiger partial charge on any atom is -0.371 e. The summed E-state index contributed by atoms with van der Waals surface area (Å²) in [5.41, 5.74) is -0.475. The van der Waals surface area contributed by atoms with Crippen molar-refractivity contribution in [3.8, 4) is 0 Å². The number of aldehydes is 1. The lowest BCUT2D eigenvalue weighted by Crippen LogP contribution is -2.41. The molecule has 0 amide bonds. The van der Waals surface area contributed by atoms with E-state index >= 15 is 0 Å². The molecule has 0 heterocycles. The van der Waals surface area contributed by atoms with Gasteiger partial charge in [-0.3, -0.25) is 0 Å². The molecule has 2 heteroatoms. The highest BCUT2D eigenvalue weighted by molar-refractivity contribution is 5.62. The van der Waals surface area contributed by atoms with Crippen molar-refractivity contribution in [2.45, 2.75) is 38.7 Å². The maximum atomic E-state index is 10.9. The molecule has 0 aromatic rings. The quantitative estimate of drug-likeness (QED) is 0.593. The Bertz CT molecular complexity index is 155. The molecule has 0 saturated heterocycles. The number of carbonyl (C=O) groups excluding carboxylic acids is 1. The van der Waals surface area contributed by atoms with Crippen LogP contribution >= 0.6 is 0 Å². The van der Waals surface area contributed by atoms with Crippen LogP contribution in [0, 0.1) is 11.8 Å². The molecule has 2 atom stereocenters. The first-order valence-corrected chi connectivity index (χ1v) is 4.63. The standard InChI is InChI=1S/C10H18O2/c1-8-4-9(2)6-10(5-8,7-11)12-3/h7-9H,4-6H2,1-3H3. The van der Waals surface area contributed by atoms with Gasteiger partial charge in [0.05, 0.1) is 0 Å². The lowest BCUT2D eigenvalue weighted by atomic mass is 9.74. The van der Waals surface area contributed by atoms with E-state index in [4.69, 9.17) is 4.74 Å². The highest BCUT2D eigenvalue weighted by Crippen LogP contribution is 2.36. The minimum absolute atomic E-state index is 0.475. The summed E-state index contributed by atoms with van der Waals surface area (Å²) in [4.78, 5) is 10.9. The highest BCUT2D eigenvalue weighted by atomic mass is 16.5. The van der Waals surface area contributed by atoms with Gasteiger partial charge < -0.3 is 9.53 Å². The molecule has 0 aliphatic heterocycles. The number of carbonyl (C=O) groups is 1. The Hall–Kier alpha value is -0.370. The molecule has 0 aromatic heterocycles. The van der Waals surface area contributed by atoms with Crippen LogP contribution in [0.2, 0.25) is 0 Å². The molecule has 0 spiro atoms. The summed E-state index contributed by atoms with van der Waals surface area (Å²) < 4.78 is 5.30. The van der Waals surface area contributed by atoms with Gasteiger partial charge in [0.25, 0.3) is 0 Å². The van der Waals surface area contributed by atoms with Crippen LogP contribution in [-0.4, -0.2) is 19.0 Å². The Morgan fingerprint density at radius 1 is 1.33 bits per heavy atom. The second-order valence-electron chi connectivity index (χ2n) is 4.24. The van der Waals surface area contributed by atoms with E-state index in [1.54, 1.807) is 7.11 Å². The van der Waals surface area contributed by atoms with E-state index in [2.05, 4.69) is 13.8 Å². The molecule has 0 radical (unpaired) electrons. The van der Waals surface area contributed by atoms with Gasteiger partial charge in [0.2, 0.25) is 0 Å². The summed E-state index contributed by atoms with van der Waals surface area (Å²) in [6, 6.07) is 0. The average molecular weight is 170 g/mol. The second kappa shape index (κ2) is 3.56. The topological polar surface area (TPSA) is 26.3 Å². The van der Waals surface area contributed by atoms with E-state index in [9.17, 15) is 4.79 Å². The summed E-state index contributed by atoms with van der Waals surface area (Å²) in [6.45, 7) is 4.37. The van der Waals surface area contributed by atoms with Crippen molar-refractivity contribution in [2.75, 3.05) is 7.11 Å². The zero-order valence-electron chi connectivity index (χ0n) is 8.17. The van der Waals surface area contributed by atoms with E-state index in [1.165, 1.54) is 6.42 Å². The molecular weight excluding hydrogens is 152 g/mol. The van der Waals surface area contributed by atoms with Gasteiger partial charge >= 0.3 is 0 Å². The van der Waals surface area contributed by atoms with Crippen molar-refractivity contribution >= 4 is 6.29 Å². The van der Waals surface area contributed by atoms with Crippen molar-refractivity contribution in [2.24, 2.45) is 11.8 Å². The van der Waals surface area contributed by atoms with Crippen LogP contribution in [0.4, 0.5) is 0 Å². The fourth-order valence-electron chi connectivity index (χ4n) is 2.43. The normalized spacial score (nSPS) is 42.6. The van der Waals surface area contributed by atoms with Crippen LogP contribution in [0.1, 0.15) is 33.1 Å². The molecule has 1 aliphatic rings. The first-order valence-electron chi connectivity index (χ1n) is 4.63. The molecule has 1 aliphatic carbocycles. The first-order chi connectivity index (χ1) is 5.62. The smallest absolute Gasteiger partial charge is 0.151 e. The van der Waals surface area contributed by atoms with Gasteiger partial charge in [0.15, 0.2) is 6.29 Å². The molecule has 2 nitrogen and oxygen atoms in total. The lowest BCUT2D eigenvalue weighted by Gasteiger charge is -2.37. The molecule has 2 unspecified atom stereocenters. The lowest BCUT2D eigenvalue weighted by molar-refractivity contribution is -0.135. The molecule has 1 fully saturated rings. The Labute approximate surface area is 74.3 Å². The van der Waals surface area contributed by atoms with E-state index in [1.807, 2.05) is 0 Å². The first kappa shape index (κ1) is 9.72. The van der Waals surface area contributed by atoms with Crippen molar-refractivity contribution < 1.29 is 9.53 Å². The van der Waals surface area contributed by atoms with Crippen molar-refractivity contribution in [1.29, 1.82) is 0 Å². The van der Waals surface area contributed by atoms with Gasteiger partial charge in [-0.05, 0) is 31.1 Å². The van der Waals surface area contributed by atoms with Gasteiger partial charge in [0.1, 0.15) is 5.60 Å². The fourth-order valence-corrected chi connectivity index (χ4v) is 2.43. The summed E-state index contributed by atoms with van der Waals surface area (Å²) in [5.74, 6) is 1.22. The Kier molecular flexibility index (Phi) is 2.89. The molecule has 0 N–H and O–H groups in total. The predicted molar refractivity (Wildman–Crippen MR) is 48.0 cm³/mol. The van der Waals surface area contributed by atoms with E-state index in [-0.39, 0.29) is 0 Å². The molecule has 1 rings (SSSR count). The highest BCUT2D eigenvalue weighted by Gasteiger charge is 2.37. The van der Waals surface area contributed by atoms with Crippen LogP contribution in [0.15, 0.2) is 0 Å². The van der Waals surface area contributed by atoms with Crippen LogP contribution in [0.5, 0.6) is 0 Å². The zero-order valence-corrected chi connectivity index (χ0v) is 8.17. The van der Waals surface area contributed by atoms with Gasteiger partial charge in [-0.15, -0.1) is 0 Å². The minimum atomic E-state index is -0.475. The largest absolute Gasteiger partial charge is 0.371 e. The SMILES string of the molecule is COC1(C=O)CC(C)CC(C)C1. The predicted octanol–water partition coefficient (Wildman–Crippen LogP) is 2.03. The van der Waals surface area contributed by atoms with Gasteiger partial charge in [0, 0.05) is 7.11 Å². The second-order valence-corrected chi connectivity index (χ2v) is 4.24. The Balaban J connectivity index is 2.69. The van der Waals surface area contributed by atoms with Crippen LogP contribution in [0.3, 0.4) is 0 Å². The average Bonchev–Trinajstić information content (AvgIpc) is 2.02. The summed E-state index contributed by atoms with van der Waals surface area (Å²) in [6.07, 6.45) is 3.98. The molecular formula is C10H18O2. The van der Waals surface area contributed by atoms with Crippen molar-refractivity contribution in [3.05, 3.63) is 0 Å². The monoisotopic (exact) mass is 170 g/mol. The molecule has 0 bridgehead atoms. The van der Waals surface area contributed by atoms with E-state index < -0.39 is 5.60 Å². The molecule has 12 heavy (non-hydrogen) atoms. The van der Waals surface area contributed by atoms with Crippen LogP contribution < -0.4 is 0 Å². The Morgan fingerprint density at radius 3 is 2.17 bits per heavy atom. The summed E-state index contributed by atoms with van der Waals surface area (Å²) in [5, 5.41) is 0. The number of rotatable bonds is 2. The third-order valence-electron chi connectivity index (χ3n) is 2.81. The maximum Gasteiger partial charge on any atom is 0.151 e. The van der Waals surface area contributed by atoms with E-state index in [0.717, 1.165) is 19.1 Å². The number of hydrogen-bond acceptors (Lipinski definition) is 2. The third-order valence-corrected chi connectivity index (χ3v) is 2.81. The van der Waals surface area contributed by atoms with Crippen molar-refractivity contribution in [1.82, 2.24) is 0 Å². The molecule has 1 saturated carbocycles. The Morgan fingerprint density at radius 2 is 1.83 bits per heavy atom. The molecule has 0 aromatic carbocycles. The van der Waals surface area contributed by atoms with Gasteiger partial charge in [-0.2, -0.15) is 0 Å². The van der Waals surface area contributed by atoms with Gasteiger partial charge in [-0.25, -0.2) is 0 Å². The fraction of sp³-hybridized carbons (Fsp3) is 0.900. The molecule has 70 valence electrons. The van der Waals surface area contributed by atoms with Crippen LogP contribution in [-0.2, 0) is 9.53 Å². The summed E-state index contributed by atoms with van der Waals surface area (Å²) >= 11 is 0. The summed E-state index contributed by atoms with van der Waals surface area (Å²) in [7, 11) is 1.64. The zero-order chi connectivity index (χ0) is 9.19. The number of hydrogen-bond donors (Lipinski definition) is 0. The maximum absolute atomic E-state index is 10.9. The van der Waals surface area contributed by atoms with Crippen LogP contribution in [0.25, 0.3) is 0 Å².